The minimum atomic E-state index is -0.382. The smallest absolute Gasteiger partial charge is 0.373 e. The summed E-state index contributed by atoms with van der Waals surface area (Å²) in [5.41, 5.74) is 0. The maximum atomic E-state index is 11.5. The van der Waals surface area contributed by atoms with Crippen molar-refractivity contribution < 1.29 is 9.66 Å². The Bertz CT molecular complexity index is 910. The first kappa shape index (κ1) is 16.1. The molecular formula is C15H14ClN5O3S. The van der Waals surface area contributed by atoms with Crippen molar-refractivity contribution in [2.75, 3.05) is 18.0 Å². The minimum Gasteiger partial charge on any atom is -0.472 e. The molecule has 1 atom stereocenters. The molecule has 8 nitrogen and oxygen atoms in total. The van der Waals surface area contributed by atoms with Crippen LogP contribution in [-0.2, 0) is 0 Å². The SMILES string of the molecule is O=[N+]([O-])c1c(N2CCCC(Oc3ccc(Cl)cn3)C2)nc2sccn12. The van der Waals surface area contributed by atoms with E-state index in [0.29, 0.717) is 34.8 Å². The standard InChI is InChI=1S/C15H14ClN5O3S/c16-10-3-4-12(17-8-10)24-11-2-1-5-19(9-11)13-14(21(22)23)20-6-7-25-15(20)18-13/h3-4,6-8,11H,1-2,5,9H2. The van der Waals surface area contributed by atoms with Gasteiger partial charge in [0.05, 0.1) is 11.6 Å². The van der Waals surface area contributed by atoms with Gasteiger partial charge < -0.3 is 19.8 Å². The van der Waals surface area contributed by atoms with Gasteiger partial charge in [-0.2, -0.15) is 9.38 Å². The van der Waals surface area contributed by atoms with E-state index in [9.17, 15) is 10.1 Å². The van der Waals surface area contributed by atoms with Gasteiger partial charge in [-0.25, -0.2) is 4.98 Å². The fourth-order valence-corrected chi connectivity index (χ4v) is 3.79. The van der Waals surface area contributed by atoms with E-state index in [2.05, 4.69) is 9.97 Å². The number of hydrogen-bond donors (Lipinski definition) is 0. The number of aromatic nitrogens is 3. The summed E-state index contributed by atoms with van der Waals surface area (Å²) in [7, 11) is 0. The lowest BCUT2D eigenvalue weighted by atomic mass is 10.1. The second kappa shape index (κ2) is 6.49. The maximum absolute atomic E-state index is 11.5. The van der Waals surface area contributed by atoms with Gasteiger partial charge in [-0.3, -0.25) is 0 Å². The number of rotatable bonds is 4. The molecule has 0 N–H and O–H groups in total. The first-order valence-corrected chi connectivity index (χ1v) is 9.00. The zero-order valence-electron chi connectivity index (χ0n) is 13.0. The molecule has 10 heteroatoms. The molecule has 3 aromatic heterocycles. The van der Waals surface area contributed by atoms with Crippen LogP contribution in [0.1, 0.15) is 12.8 Å². The highest BCUT2D eigenvalue weighted by Gasteiger charge is 2.31. The Morgan fingerprint density at radius 3 is 3.08 bits per heavy atom. The number of imidazole rings is 1. The third-order valence-corrected chi connectivity index (χ3v) is 5.04. The molecule has 25 heavy (non-hydrogen) atoms. The van der Waals surface area contributed by atoms with Crippen molar-refractivity contribution in [3.8, 4) is 5.88 Å². The van der Waals surface area contributed by atoms with Crippen molar-refractivity contribution in [1.82, 2.24) is 14.4 Å². The normalized spacial score (nSPS) is 17.8. The lowest BCUT2D eigenvalue weighted by Crippen LogP contribution is -2.41. The summed E-state index contributed by atoms with van der Waals surface area (Å²) in [4.78, 5) is 22.3. The van der Waals surface area contributed by atoms with Crippen molar-refractivity contribution >= 4 is 39.5 Å². The van der Waals surface area contributed by atoms with Crippen LogP contribution < -0.4 is 9.64 Å². The van der Waals surface area contributed by atoms with E-state index in [1.54, 1.807) is 23.7 Å². The van der Waals surface area contributed by atoms with E-state index in [4.69, 9.17) is 16.3 Å². The summed E-state index contributed by atoms with van der Waals surface area (Å²) in [5.74, 6) is 0.896. The number of pyridine rings is 1. The second-order valence-corrected chi connectivity index (χ2v) is 7.02. The third-order valence-electron chi connectivity index (χ3n) is 4.06. The van der Waals surface area contributed by atoms with Gasteiger partial charge in [0.2, 0.25) is 11.7 Å². The molecule has 0 saturated carbocycles. The molecule has 3 aromatic rings. The molecule has 0 aliphatic carbocycles. The average Bonchev–Trinajstić information content (AvgIpc) is 3.17. The van der Waals surface area contributed by atoms with E-state index in [0.717, 1.165) is 12.8 Å². The topological polar surface area (TPSA) is 85.8 Å². The number of halogens is 1. The van der Waals surface area contributed by atoms with Crippen molar-refractivity contribution in [2.24, 2.45) is 0 Å². The largest absolute Gasteiger partial charge is 0.472 e. The van der Waals surface area contributed by atoms with Crippen LogP contribution in [0.5, 0.6) is 5.88 Å². The summed E-state index contributed by atoms with van der Waals surface area (Å²) < 4.78 is 7.42. The summed E-state index contributed by atoms with van der Waals surface area (Å²) in [5, 5.41) is 13.8. The van der Waals surface area contributed by atoms with Crippen LogP contribution in [0, 0.1) is 10.1 Å². The lowest BCUT2D eigenvalue weighted by Gasteiger charge is -2.32. The van der Waals surface area contributed by atoms with Gasteiger partial charge >= 0.3 is 5.82 Å². The predicted molar refractivity (Wildman–Crippen MR) is 94.8 cm³/mol. The van der Waals surface area contributed by atoms with Crippen LogP contribution >= 0.6 is 22.9 Å². The van der Waals surface area contributed by atoms with E-state index < -0.39 is 0 Å². The number of hydrogen-bond acceptors (Lipinski definition) is 7. The number of nitrogens with zero attached hydrogens (tertiary/aromatic N) is 5. The van der Waals surface area contributed by atoms with E-state index in [1.165, 1.54) is 21.9 Å². The van der Waals surface area contributed by atoms with Crippen molar-refractivity contribution in [2.45, 2.75) is 18.9 Å². The highest BCUT2D eigenvalue weighted by Crippen LogP contribution is 2.33. The molecule has 1 aliphatic heterocycles. The van der Waals surface area contributed by atoms with Gasteiger partial charge in [0, 0.05) is 24.2 Å². The van der Waals surface area contributed by atoms with Crippen LogP contribution in [0.25, 0.3) is 4.96 Å². The maximum Gasteiger partial charge on any atom is 0.373 e. The molecule has 4 rings (SSSR count). The molecule has 1 saturated heterocycles. The second-order valence-electron chi connectivity index (χ2n) is 5.71. The Hall–Kier alpha value is -2.39. The van der Waals surface area contributed by atoms with Gasteiger partial charge in [0.15, 0.2) is 0 Å². The average molecular weight is 380 g/mol. The number of fused-ring (bicyclic) bond motifs is 1. The van der Waals surface area contributed by atoms with Crippen molar-refractivity contribution in [1.29, 1.82) is 0 Å². The number of nitro groups is 1. The van der Waals surface area contributed by atoms with Gasteiger partial charge in [-0.1, -0.05) is 22.9 Å². The van der Waals surface area contributed by atoms with E-state index in [-0.39, 0.29) is 16.8 Å². The van der Waals surface area contributed by atoms with Gasteiger partial charge in [-0.05, 0) is 23.8 Å². The Labute approximate surface area is 151 Å². The molecule has 1 aliphatic rings. The summed E-state index contributed by atoms with van der Waals surface area (Å²) in [6, 6.07) is 3.44. The fraction of sp³-hybridized carbons (Fsp3) is 0.333. The Morgan fingerprint density at radius 1 is 1.44 bits per heavy atom. The first-order chi connectivity index (χ1) is 12.1. The summed E-state index contributed by atoms with van der Waals surface area (Å²) in [6.07, 6.45) is 4.81. The zero-order chi connectivity index (χ0) is 17.4. The quantitative estimate of drug-likeness (QED) is 0.510. The van der Waals surface area contributed by atoms with Gasteiger partial charge in [-0.15, -0.1) is 0 Å². The number of ether oxygens (including phenoxy) is 1. The number of piperidine rings is 1. The molecule has 1 fully saturated rings. The highest BCUT2D eigenvalue weighted by molar-refractivity contribution is 7.15. The lowest BCUT2D eigenvalue weighted by molar-refractivity contribution is -0.389. The van der Waals surface area contributed by atoms with Crippen molar-refractivity contribution in [3.63, 3.8) is 0 Å². The Morgan fingerprint density at radius 2 is 2.32 bits per heavy atom. The van der Waals surface area contributed by atoms with Gasteiger partial charge in [0.25, 0.3) is 4.96 Å². The van der Waals surface area contributed by atoms with Crippen LogP contribution in [0.2, 0.25) is 5.02 Å². The predicted octanol–water partition coefficient (Wildman–Crippen LogP) is 3.40. The molecule has 0 bridgehead atoms. The van der Waals surface area contributed by atoms with E-state index >= 15 is 0 Å². The highest BCUT2D eigenvalue weighted by atomic mass is 35.5. The van der Waals surface area contributed by atoms with E-state index in [1.807, 2.05) is 4.90 Å². The molecule has 0 amide bonds. The Balaban J connectivity index is 1.57. The monoisotopic (exact) mass is 379 g/mol. The Kier molecular flexibility index (Phi) is 4.18. The summed E-state index contributed by atoms with van der Waals surface area (Å²) >= 11 is 7.21. The fourth-order valence-electron chi connectivity index (χ4n) is 2.97. The molecule has 0 spiro atoms. The minimum absolute atomic E-state index is 0.00141. The molecule has 0 radical (unpaired) electrons. The van der Waals surface area contributed by atoms with Crippen LogP contribution in [-0.4, -0.2) is 38.5 Å². The number of thiazole rings is 1. The molecule has 0 aromatic carbocycles. The molecule has 130 valence electrons. The summed E-state index contributed by atoms with van der Waals surface area (Å²) in [6.45, 7) is 1.23. The molecule has 1 unspecified atom stereocenters. The number of anilines is 1. The van der Waals surface area contributed by atoms with Crippen LogP contribution in [0.3, 0.4) is 0 Å². The van der Waals surface area contributed by atoms with Crippen LogP contribution in [0.15, 0.2) is 29.9 Å². The third kappa shape index (κ3) is 3.12. The molecular weight excluding hydrogens is 366 g/mol. The zero-order valence-corrected chi connectivity index (χ0v) is 14.6. The molecule has 4 heterocycles. The van der Waals surface area contributed by atoms with Crippen molar-refractivity contribution in [3.05, 3.63) is 45.0 Å². The van der Waals surface area contributed by atoms with Crippen LogP contribution in [0.4, 0.5) is 11.6 Å². The first-order valence-electron chi connectivity index (χ1n) is 7.75. The van der Waals surface area contributed by atoms with Gasteiger partial charge in [0.1, 0.15) is 12.3 Å².